The van der Waals surface area contributed by atoms with E-state index in [2.05, 4.69) is 83.1 Å². The second-order valence-electron chi connectivity index (χ2n) is 8.81. The van der Waals surface area contributed by atoms with Crippen molar-refractivity contribution in [2.45, 2.75) is 116 Å². The van der Waals surface area contributed by atoms with Crippen molar-refractivity contribution in [1.82, 2.24) is 0 Å². The van der Waals surface area contributed by atoms with Gasteiger partial charge in [0.05, 0.1) is 0 Å². The first-order chi connectivity index (χ1) is 9.37. The zero-order valence-corrected chi connectivity index (χ0v) is 19.9. The molecule has 0 aliphatic carbocycles. The maximum atomic E-state index is 6.01. The maximum Gasteiger partial charge on any atom is 1.00 e. The third-order valence-corrected chi connectivity index (χ3v) is 20.1. The predicted molar refractivity (Wildman–Crippen MR) is 105 cm³/mol. The Kier molecular flexibility index (Phi) is 10.9. The van der Waals surface area contributed by atoms with Gasteiger partial charge < -0.3 is 4.65 Å². The van der Waals surface area contributed by atoms with Crippen molar-refractivity contribution in [3.63, 3.8) is 0 Å². The van der Waals surface area contributed by atoms with Crippen LogP contribution < -0.4 is 18.9 Å². The number of hydrogen-bond donors (Lipinski definition) is 0. The van der Waals surface area contributed by atoms with Crippen molar-refractivity contribution in [3.8, 4) is 0 Å². The fraction of sp³-hybridized carbons (Fsp3) is 1.00. The van der Waals surface area contributed by atoms with Gasteiger partial charge in [-0.3, -0.25) is 0 Å². The normalized spacial score (nSPS) is 13.9. The van der Waals surface area contributed by atoms with Crippen molar-refractivity contribution in [3.05, 3.63) is 4.65 Å². The summed E-state index contributed by atoms with van der Waals surface area (Å²) in [6.07, 6.45) is 0. The molecule has 0 saturated heterocycles. The minimum absolute atomic E-state index is 0. The van der Waals surface area contributed by atoms with Crippen molar-refractivity contribution in [2.24, 2.45) is 0 Å². The van der Waals surface area contributed by atoms with Gasteiger partial charge in [0, 0.05) is 0 Å². The Bertz CT molecular complexity index is 239. The van der Waals surface area contributed by atoms with E-state index in [1.165, 1.54) is 0 Å². The molecule has 0 aromatic heterocycles. The first-order valence-electron chi connectivity index (χ1n) is 9.11. The van der Waals surface area contributed by atoms with E-state index in [9.17, 15) is 0 Å². The molecule has 0 N–H and O–H groups in total. The number of hydrogen-bond acceptors (Lipinski definition) is 0. The van der Waals surface area contributed by atoms with Crippen LogP contribution in [-0.2, 0) is 0 Å². The molecule has 22 heavy (non-hydrogen) atoms. The molecule has 128 valence electrons. The molecule has 0 unspecified atom stereocenters. The molecule has 0 atom stereocenters. The van der Waals surface area contributed by atoms with E-state index in [4.69, 9.17) is 4.65 Å². The zero-order valence-electron chi connectivity index (χ0n) is 17.9. The molecule has 1 nitrogen and oxygen atoms in total. The van der Waals surface area contributed by atoms with Crippen LogP contribution >= 0.6 is 0 Å². The summed E-state index contributed by atoms with van der Waals surface area (Å²) in [4.78, 5) is 0. The Labute approximate surface area is 156 Å². The second-order valence-corrected chi connectivity index (χ2v) is 20.2. The third kappa shape index (κ3) is 4.54. The first-order valence-corrected chi connectivity index (χ1v) is 13.5. The predicted octanol–water partition coefficient (Wildman–Crippen LogP) is 4.72. The molecule has 0 fully saturated rings. The topological polar surface area (TPSA) is 14.1 Å². The fourth-order valence-corrected chi connectivity index (χ4v) is 22.0. The summed E-state index contributed by atoms with van der Waals surface area (Å²) in [5, 5.41) is 0. The van der Waals surface area contributed by atoms with Crippen molar-refractivity contribution in [2.75, 3.05) is 0 Å². The van der Waals surface area contributed by atoms with E-state index in [0.29, 0.717) is 0 Å². The Morgan fingerprint density at radius 1 is 0.409 bits per heavy atom. The fourth-order valence-electron chi connectivity index (χ4n) is 5.11. The van der Waals surface area contributed by atoms with E-state index in [0.717, 1.165) is 33.2 Å². The van der Waals surface area contributed by atoms with Gasteiger partial charge in [0.15, 0.2) is 0 Å². The summed E-state index contributed by atoms with van der Waals surface area (Å²) in [7, 11) is -3.33. The standard InChI is InChI=1S/C18H42NSi2.Li/c1-13(2)20(14(3)4,15(5)6)19-21(16(7)8,17(9)10)18(11)12;/h13-18H,1-12H3;/q-1;+1. The van der Waals surface area contributed by atoms with Crippen LogP contribution in [0.25, 0.3) is 4.65 Å². The summed E-state index contributed by atoms with van der Waals surface area (Å²) in [5.41, 5.74) is 4.42. The van der Waals surface area contributed by atoms with Gasteiger partial charge in [0.1, 0.15) is 0 Å². The summed E-state index contributed by atoms with van der Waals surface area (Å²) in [5.74, 6) is 0. The van der Waals surface area contributed by atoms with Gasteiger partial charge in [-0.05, 0) is 16.5 Å². The van der Waals surface area contributed by atoms with Gasteiger partial charge in [-0.1, -0.05) is 116 Å². The zero-order chi connectivity index (χ0) is 17.2. The SMILES string of the molecule is CC(C)[Si]([N-][Si](C(C)C)(C(C)C)C(C)C)(C(C)C)C(C)C.[Li+]. The Balaban J connectivity index is 0. The summed E-state index contributed by atoms with van der Waals surface area (Å²) in [6, 6.07) is 0. The van der Waals surface area contributed by atoms with Gasteiger partial charge in [-0.15, -0.1) is 0 Å². The Hall–Kier alpha value is 0.991. The van der Waals surface area contributed by atoms with Crippen molar-refractivity contribution in [1.29, 1.82) is 0 Å². The van der Waals surface area contributed by atoms with Crippen LogP contribution in [-0.4, -0.2) is 16.5 Å². The summed E-state index contributed by atoms with van der Waals surface area (Å²) >= 11 is 0. The number of nitrogens with zero attached hydrogens (tertiary/aromatic N) is 1. The average molecular weight is 336 g/mol. The monoisotopic (exact) mass is 335 g/mol. The second kappa shape index (κ2) is 9.47. The molecule has 0 aromatic carbocycles. The maximum absolute atomic E-state index is 6.01. The molecule has 0 amide bonds. The summed E-state index contributed by atoms with van der Waals surface area (Å²) < 4.78 is 6.01. The van der Waals surface area contributed by atoms with Gasteiger partial charge in [0.2, 0.25) is 0 Å². The Morgan fingerprint density at radius 3 is 0.636 bits per heavy atom. The van der Waals surface area contributed by atoms with Crippen LogP contribution in [0.3, 0.4) is 0 Å². The van der Waals surface area contributed by atoms with E-state index in [1.807, 2.05) is 0 Å². The van der Waals surface area contributed by atoms with Crippen LogP contribution in [0.4, 0.5) is 0 Å². The molecule has 0 heterocycles. The van der Waals surface area contributed by atoms with E-state index < -0.39 is 16.5 Å². The molecule has 0 rings (SSSR count). The van der Waals surface area contributed by atoms with Gasteiger partial charge in [0.25, 0.3) is 0 Å². The first kappa shape index (κ1) is 25.2. The minimum atomic E-state index is -1.66. The van der Waals surface area contributed by atoms with E-state index in [-0.39, 0.29) is 18.9 Å². The molecule has 0 aliphatic rings. The smallest absolute Gasteiger partial charge is 0.665 e. The molecule has 0 bridgehead atoms. The third-order valence-electron chi connectivity index (χ3n) is 5.94. The molecule has 0 aromatic rings. The van der Waals surface area contributed by atoms with Crippen LogP contribution in [0.1, 0.15) is 83.1 Å². The molecule has 0 saturated carbocycles. The van der Waals surface area contributed by atoms with Gasteiger partial charge in [-0.2, -0.15) is 0 Å². The Morgan fingerprint density at radius 2 is 0.545 bits per heavy atom. The minimum Gasteiger partial charge on any atom is -0.665 e. The number of rotatable bonds is 8. The van der Waals surface area contributed by atoms with Crippen LogP contribution in [0.5, 0.6) is 0 Å². The molecule has 4 heteroatoms. The molecule has 0 radical (unpaired) electrons. The summed E-state index contributed by atoms with van der Waals surface area (Å²) in [6.45, 7) is 29.3. The van der Waals surface area contributed by atoms with Crippen LogP contribution in [0.2, 0.25) is 33.2 Å². The largest absolute Gasteiger partial charge is 1.00 e. The van der Waals surface area contributed by atoms with Gasteiger partial charge >= 0.3 is 18.9 Å². The van der Waals surface area contributed by atoms with Gasteiger partial charge in [-0.25, -0.2) is 0 Å². The molecule has 0 aliphatic heterocycles. The molecular formula is C18H42LiNSi2. The van der Waals surface area contributed by atoms with Crippen molar-refractivity contribution >= 4 is 16.5 Å². The van der Waals surface area contributed by atoms with Crippen molar-refractivity contribution < 1.29 is 18.9 Å². The average Bonchev–Trinajstić information content (AvgIpc) is 2.26. The quantitative estimate of drug-likeness (QED) is 0.570. The molecular weight excluding hydrogens is 293 g/mol. The van der Waals surface area contributed by atoms with Crippen LogP contribution in [0.15, 0.2) is 0 Å². The van der Waals surface area contributed by atoms with E-state index in [1.54, 1.807) is 0 Å². The van der Waals surface area contributed by atoms with Crippen LogP contribution in [0, 0.1) is 0 Å². The van der Waals surface area contributed by atoms with E-state index >= 15 is 0 Å². The molecule has 0 spiro atoms.